The van der Waals surface area contributed by atoms with Crippen molar-refractivity contribution in [1.29, 1.82) is 0 Å². The van der Waals surface area contributed by atoms with Gasteiger partial charge in [0, 0.05) is 25.2 Å². The predicted octanol–water partition coefficient (Wildman–Crippen LogP) is 3.78. The predicted molar refractivity (Wildman–Crippen MR) is 155 cm³/mol. The number of aldehydes is 1. The van der Waals surface area contributed by atoms with Crippen LogP contribution in [0.25, 0.3) is 22.4 Å². The number of hydrogen-bond acceptors (Lipinski definition) is 9. The molecule has 0 radical (unpaired) electrons. The monoisotopic (exact) mass is 588 g/mol. The molecule has 13 heteroatoms. The van der Waals surface area contributed by atoms with Gasteiger partial charge in [0.25, 0.3) is 5.56 Å². The third kappa shape index (κ3) is 6.38. The van der Waals surface area contributed by atoms with Gasteiger partial charge in [-0.2, -0.15) is 4.31 Å². The summed E-state index contributed by atoms with van der Waals surface area (Å²) in [5.74, 6) is 0.848. The average molecular weight is 589 g/mol. The van der Waals surface area contributed by atoms with Gasteiger partial charge in [-0.1, -0.05) is 20.3 Å². The number of hydrogen-bond donors (Lipinski definition) is 2. The summed E-state index contributed by atoms with van der Waals surface area (Å²) < 4.78 is 36.4. The SMILES string of the molecule is CCCOc1ccc(S(=O)(=O)N2CCC(CCON[O-])CC2)cc1-c1nc2c(CCC)c(C=O)n(CC)c2c(=O)[nH]1. The number of piperidine rings is 1. The minimum Gasteiger partial charge on any atom is -0.765 e. The van der Waals surface area contributed by atoms with E-state index >= 15 is 0 Å². The van der Waals surface area contributed by atoms with Gasteiger partial charge in [-0.15, -0.1) is 0 Å². The number of sulfonamides is 1. The Kier molecular flexibility index (Phi) is 10.3. The first-order valence-corrected chi connectivity index (χ1v) is 15.6. The molecule has 2 aromatic heterocycles. The Morgan fingerprint density at radius 3 is 2.56 bits per heavy atom. The standard InChI is InChI=1S/C28H38N5O7S/c1-4-7-21-23(18-34)33(6-3)26-25(21)29-27(30-28(26)35)22-17-20(8-9-24(22)39-15-5-2)41(37,38)32-13-10-19(11-14-32)12-16-40-31-36/h8-9,17-19,31H,4-7,10-16H2,1-3H3,(H,29,30,35)/q-1. The molecule has 1 saturated heterocycles. The summed E-state index contributed by atoms with van der Waals surface area (Å²) in [5.41, 5.74) is 3.25. The number of aromatic amines is 1. The van der Waals surface area contributed by atoms with Gasteiger partial charge in [-0.25, -0.2) is 13.4 Å². The van der Waals surface area contributed by atoms with E-state index in [1.54, 1.807) is 10.6 Å². The van der Waals surface area contributed by atoms with Gasteiger partial charge < -0.3 is 24.3 Å². The highest BCUT2D eigenvalue weighted by Gasteiger charge is 2.30. The van der Waals surface area contributed by atoms with Crippen LogP contribution in [0.5, 0.6) is 5.75 Å². The van der Waals surface area contributed by atoms with Crippen molar-refractivity contribution < 1.29 is 22.8 Å². The van der Waals surface area contributed by atoms with Crippen LogP contribution in [-0.2, 0) is 27.8 Å². The van der Waals surface area contributed by atoms with Crippen LogP contribution in [0.3, 0.4) is 0 Å². The number of carbonyl (C=O) groups excluding carboxylic acids is 1. The Bertz CT molecular complexity index is 1520. The highest BCUT2D eigenvalue weighted by atomic mass is 32.2. The summed E-state index contributed by atoms with van der Waals surface area (Å²) >= 11 is 0. The van der Waals surface area contributed by atoms with Crippen LogP contribution in [0.1, 0.15) is 68.9 Å². The van der Waals surface area contributed by atoms with Crippen molar-refractivity contribution in [3.05, 3.63) is 45.0 Å². The number of benzene rings is 1. The van der Waals surface area contributed by atoms with Crippen molar-refractivity contribution >= 4 is 27.3 Å². The Balaban J connectivity index is 1.76. The molecule has 0 aliphatic carbocycles. The molecule has 0 bridgehead atoms. The number of aryl methyl sites for hydroxylation is 2. The summed E-state index contributed by atoms with van der Waals surface area (Å²) in [7, 11) is -3.84. The zero-order valence-corrected chi connectivity index (χ0v) is 24.6. The molecule has 0 atom stereocenters. The van der Waals surface area contributed by atoms with E-state index in [0.29, 0.717) is 85.5 Å². The number of nitrogens with zero attached hydrogens (tertiary/aromatic N) is 3. The first kappa shape index (κ1) is 30.8. The second-order valence-electron chi connectivity index (χ2n) is 10.2. The lowest BCUT2D eigenvalue weighted by Crippen LogP contribution is -2.38. The van der Waals surface area contributed by atoms with Crippen LogP contribution in [0.2, 0.25) is 0 Å². The highest BCUT2D eigenvalue weighted by molar-refractivity contribution is 7.89. The van der Waals surface area contributed by atoms with Gasteiger partial charge in [0.15, 0.2) is 6.29 Å². The number of fused-ring (bicyclic) bond motifs is 1. The summed E-state index contributed by atoms with van der Waals surface area (Å²) in [6.45, 7) is 7.61. The number of nitrogens with one attached hydrogen (secondary N) is 2. The Morgan fingerprint density at radius 1 is 1.17 bits per heavy atom. The van der Waals surface area contributed by atoms with Gasteiger partial charge in [0.05, 0.1) is 29.4 Å². The fraction of sp³-hybridized carbons (Fsp3) is 0.536. The lowest BCUT2D eigenvalue weighted by Gasteiger charge is -2.31. The fourth-order valence-electron chi connectivity index (χ4n) is 5.47. The molecule has 3 heterocycles. The molecule has 224 valence electrons. The van der Waals surface area contributed by atoms with Gasteiger partial charge in [0.1, 0.15) is 22.6 Å². The summed E-state index contributed by atoms with van der Waals surface area (Å²) in [6, 6.07) is 4.62. The molecule has 0 saturated carbocycles. The lowest BCUT2D eigenvalue weighted by atomic mass is 9.95. The largest absolute Gasteiger partial charge is 0.765 e. The first-order chi connectivity index (χ1) is 19.8. The van der Waals surface area contributed by atoms with Crippen molar-refractivity contribution in [2.75, 3.05) is 26.3 Å². The molecule has 41 heavy (non-hydrogen) atoms. The zero-order valence-electron chi connectivity index (χ0n) is 23.8. The number of rotatable bonds is 14. The van der Waals surface area contributed by atoms with E-state index < -0.39 is 15.6 Å². The van der Waals surface area contributed by atoms with Crippen molar-refractivity contribution in [2.24, 2.45) is 5.92 Å². The van der Waals surface area contributed by atoms with Crippen LogP contribution in [-0.4, -0.2) is 59.8 Å². The minimum absolute atomic E-state index is 0.0740. The number of carbonyl (C=O) groups is 1. The van der Waals surface area contributed by atoms with Gasteiger partial charge in [-0.3, -0.25) is 15.2 Å². The molecule has 0 amide bonds. The maximum absolute atomic E-state index is 13.7. The molecular formula is C28H38N5O7S-. The van der Waals surface area contributed by atoms with Crippen LogP contribution in [0.15, 0.2) is 27.9 Å². The molecule has 3 aromatic rings. The summed E-state index contributed by atoms with van der Waals surface area (Å²) in [5, 5.41) is 10.3. The smallest absolute Gasteiger partial charge is 0.275 e. The molecule has 1 fully saturated rings. The highest BCUT2D eigenvalue weighted by Crippen LogP contribution is 2.34. The number of ether oxygens (including phenoxy) is 1. The summed E-state index contributed by atoms with van der Waals surface area (Å²) in [6.07, 6.45) is 4.80. The maximum Gasteiger partial charge on any atom is 0.275 e. The average Bonchev–Trinajstić information content (AvgIpc) is 3.29. The van der Waals surface area contributed by atoms with Crippen LogP contribution < -0.4 is 15.9 Å². The Morgan fingerprint density at radius 2 is 1.93 bits per heavy atom. The van der Waals surface area contributed by atoms with Crippen molar-refractivity contribution in [3.8, 4) is 17.1 Å². The van der Waals surface area contributed by atoms with E-state index in [2.05, 4.69) is 9.82 Å². The van der Waals surface area contributed by atoms with E-state index in [-0.39, 0.29) is 23.2 Å². The molecule has 4 rings (SSSR count). The minimum atomic E-state index is -3.84. The molecule has 1 aliphatic heterocycles. The maximum atomic E-state index is 13.7. The molecule has 12 nitrogen and oxygen atoms in total. The fourth-order valence-corrected chi connectivity index (χ4v) is 6.96. The lowest BCUT2D eigenvalue weighted by molar-refractivity contribution is 0.0561. The van der Waals surface area contributed by atoms with E-state index in [1.807, 2.05) is 20.8 Å². The van der Waals surface area contributed by atoms with Crippen LogP contribution >= 0.6 is 0 Å². The van der Waals surface area contributed by atoms with Crippen molar-refractivity contribution in [1.82, 2.24) is 24.5 Å². The van der Waals surface area contributed by atoms with Crippen molar-refractivity contribution in [2.45, 2.75) is 70.7 Å². The van der Waals surface area contributed by atoms with E-state index in [1.165, 1.54) is 22.1 Å². The molecule has 0 unspecified atom stereocenters. The van der Waals surface area contributed by atoms with Gasteiger partial charge in [0.2, 0.25) is 10.0 Å². The van der Waals surface area contributed by atoms with Crippen LogP contribution in [0, 0.1) is 11.1 Å². The normalized spacial score (nSPS) is 15.0. The summed E-state index contributed by atoms with van der Waals surface area (Å²) in [4.78, 5) is 37.8. The topological polar surface area (TPSA) is 159 Å². The third-order valence-electron chi connectivity index (χ3n) is 7.54. The number of H-pyrrole nitrogens is 1. The van der Waals surface area contributed by atoms with Crippen molar-refractivity contribution in [3.63, 3.8) is 0 Å². The number of aromatic nitrogens is 3. The van der Waals surface area contributed by atoms with E-state index in [4.69, 9.17) is 9.72 Å². The molecule has 1 aromatic carbocycles. The van der Waals surface area contributed by atoms with Gasteiger partial charge >= 0.3 is 0 Å². The van der Waals surface area contributed by atoms with E-state index in [0.717, 1.165) is 19.1 Å². The zero-order chi connectivity index (χ0) is 29.6. The molecule has 1 aliphatic rings. The first-order valence-electron chi connectivity index (χ1n) is 14.2. The molecule has 2 N–H and O–H groups in total. The van der Waals surface area contributed by atoms with E-state index in [9.17, 15) is 23.2 Å². The second kappa shape index (κ2) is 13.7. The van der Waals surface area contributed by atoms with Gasteiger partial charge in [-0.05, 0) is 63.1 Å². The Hall–Kier alpha value is -3.10. The third-order valence-corrected chi connectivity index (χ3v) is 9.44. The van der Waals surface area contributed by atoms with Crippen LogP contribution in [0.4, 0.5) is 0 Å². The quantitative estimate of drug-likeness (QED) is 0.162. The molecular weight excluding hydrogens is 550 g/mol. The molecule has 0 spiro atoms. The second-order valence-corrected chi connectivity index (χ2v) is 12.1. The Labute approximate surface area is 239 Å².